The first-order valence-corrected chi connectivity index (χ1v) is 10.1. The molecule has 2 aliphatic rings. The van der Waals surface area contributed by atoms with E-state index in [2.05, 4.69) is 26.8 Å². The van der Waals surface area contributed by atoms with E-state index in [1.165, 1.54) is 12.5 Å². The smallest absolute Gasteiger partial charge is 0.303 e. The number of carbonyl (C=O) groups excluding carboxylic acids is 2. The van der Waals surface area contributed by atoms with Crippen LogP contribution in [0.1, 0.15) is 80.1 Å². The SMILES string of the molecule is CC(=O)O[C@@]1(C)CC[C@@H]2[C@@H]1C=C([C@@H](C)CC(=O)CC(C)C)CC[C@@]2(C)O. The molecule has 0 saturated heterocycles. The van der Waals surface area contributed by atoms with Crippen LogP contribution in [0, 0.1) is 23.7 Å². The van der Waals surface area contributed by atoms with Crippen molar-refractivity contribution in [2.24, 2.45) is 23.7 Å². The molecule has 0 aromatic heterocycles. The van der Waals surface area contributed by atoms with E-state index >= 15 is 0 Å². The van der Waals surface area contributed by atoms with Gasteiger partial charge in [-0.3, -0.25) is 9.59 Å². The van der Waals surface area contributed by atoms with Crippen LogP contribution in [0.15, 0.2) is 11.6 Å². The Hall–Kier alpha value is -1.16. The van der Waals surface area contributed by atoms with Gasteiger partial charge in [0.1, 0.15) is 11.4 Å². The van der Waals surface area contributed by atoms with Crippen molar-refractivity contribution in [3.05, 3.63) is 11.6 Å². The fourth-order valence-electron chi connectivity index (χ4n) is 4.97. The summed E-state index contributed by atoms with van der Waals surface area (Å²) >= 11 is 0. The van der Waals surface area contributed by atoms with Gasteiger partial charge in [0.05, 0.1) is 5.60 Å². The number of ketones is 1. The monoisotopic (exact) mass is 364 g/mol. The zero-order valence-electron chi connectivity index (χ0n) is 17.3. The van der Waals surface area contributed by atoms with Crippen LogP contribution in [0.25, 0.3) is 0 Å². The Balaban J connectivity index is 2.26. The minimum absolute atomic E-state index is 0.00144. The number of aliphatic hydroxyl groups is 1. The Labute approximate surface area is 158 Å². The summed E-state index contributed by atoms with van der Waals surface area (Å²) in [4.78, 5) is 23.9. The third kappa shape index (κ3) is 4.76. The second-order valence-corrected chi connectivity index (χ2v) is 9.42. The third-order valence-electron chi connectivity index (χ3n) is 6.38. The van der Waals surface area contributed by atoms with E-state index in [9.17, 15) is 14.7 Å². The second kappa shape index (κ2) is 7.84. The molecule has 0 radical (unpaired) electrons. The van der Waals surface area contributed by atoms with E-state index in [4.69, 9.17) is 4.74 Å². The zero-order chi connectivity index (χ0) is 19.7. The minimum Gasteiger partial charge on any atom is -0.459 e. The molecule has 5 atom stereocenters. The van der Waals surface area contributed by atoms with Crippen molar-refractivity contribution in [1.29, 1.82) is 0 Å². The van der Waals surface area contributed by atoms with Crippen molar-refractivity contribution in [3.8, 4) is 0 Å². The molecule has 26 heavy (non-hydrogen) atoms. The summed E-state index contributed by atoms with van der Waals surface area (Å²) in [5, 5.41) is 11.1. The quantitative estimate of drug-likeness (QED) is 0.559. The zero-order valence-corrected chi connectivity index (χ0v) is 17.3. The molecule has 1 N–H and O–H groups in total. The van der Waals surface area contributed by atoms with Crippen LogP contribution >= 0.6 is 0 Å². The second-order valence-electron chi connectivity index (χ2n) is 9.42. The molecule has 0 heterocycles. The van der Waals surface area contributed by atoms with Crippen LogP contribution in [0.4, 0.5) is 0 Å². The van der Waals surface area contributed by atoms with Gasteiger partial charge >= 0.3 is 5.97 Å². The van der Waals surface area contributed by atoms with Crippen LogP contribution in [0.5, 0.6) is 0 Å². The molecule has 0 aromatic carbocycles. The van der Waals surface area contributed by atoms with Gasteiger partial charge in [0, 0.05) is 25.7 Å². The molecule has 0 aromatic rings. The molecule has 0 unspecified atom stereocenters. The first kappa shape index (κ1) is 21.1. The molecular formula is C22H36O4. The summed E-state index contributed by atoms with van der Waals surface area (Å²) < 4.78 is 5.72. The van der Waals surface area contributed by atoms with Gasteiger partial charge in [-0.05, 0) is 57.3 Å². The summed E-state index contributed by atoms with van der Waals surface area (Å²) in [5.74, 6) is 0.662. The maximum Gasteiger partial charge on any atom is 0.303 e. The van der Waals surface area contributed by atoms with Crippen molar-refractivity contribution >= 4 is 11.8 Å². The van der Waals surface area contributed by atoms with Crippen LogP contribution in [-0.4, -0.2) is 28.1 Å². The summed E-state index contributed by atoms with van der Waals surface area (Å²) in [7, 11) is 0. The number of allylic oxidation sites excluding steroid dienone is 1. The minimum atomic E-state index is -0.775. The highest BCUT2D eigenvalue weighted by Gasteiger charge is 2.53. The highest BCUT2D eigenvalue weighted by molar-refractivity contribution is 5.79. The average Bonchev–Trinajstić information content (AvgIpc) is 2.70. The van der Waals surface area contributed by atoms with Crippen molar-refractivity contribution < 1.29 is 19.4 Å². The molecule has 0 aliphatic heterocycles. The van der Waals surface area contributed by atoms with Crippen molar-refractivity contribution in [1.82, 2.24) is 0 Å². The number of hydrogen-bond donors (Lipinski definition) is 1. The first-order chi connectivity index (χ1) is 11.9. The Kier molecular flexibility index (Phi) is 6.37. The lowest BCUT2D eigenvalue weighted by molar-refractivity contribution is -0.159. The third-order valence-corrected chi connectivity index (χ3v) is 6.38. The molecule has 4 heteroatoms. The van der Waals surface area contributed by atoms with Crippen molar-refractivity contribution in [2.75, 3.05) is 0 Å². The number of esters is 1. The Bertz CT molecular complexity index is 575. The van der Waals surface area contributed by atoms with E-state index in [0.717, 1.165) is 19.3 Å². The van der Waals surface area contributed by atoms with Gasteiger partial charge in [0.15, 0.2) is 0 Å². The normalized spacial score (nSPS) is 35.5. The van der Waals surface area contributed by atoms with Gasteiger partial charge < -0.3 is 9.84 Å². The lowest BCUT2D eigenvalue weighted by Gasteiger charge is -2.36. The van der Waals surface area contributed by atoms with Gasteiger partial charge in [-0.25, -0.2) is 0 Å². The van der Waals surface area contributed by atoms with Crippen molar-refractivity contribution in [2.45, 2.75) is 91.3 Å². The number of fused-ring (bicyclic) bond motifs is 1. The molecule has 1 fully saturated rings. The Morgan fingerprint density at radius 3 is 2.46 bits per heavy atom. The van der Waals surface area contributed by atoms with Gasteiger partial charge in [-0.2, -0.15) is 0 Å². The number of rotatable bonds is 6. The molecule has 148 valence electrons. The first-order valence-electron chi connectivity index (χ1n) is 10.1. The van der Waals surface area contributed by atoms with E-state index in [1.54, 1.807) is 0 Å². The summed E-state index contributed by atoms with van der Waals surface area (Å²) in [5.41, 5.74) is -0.115. The molecule has 1 saturated carbocycles. The molecule has 0 bridgehead atoms. The van der Waals surface area contributed by atoms with Gasteiger partial charge in [-0.15, -0.1) is 0 Å². The summed E-state index contributed by atoms with van der Waals surface area (Å²) in [6, 6.07) is 0. The molecule has 2 aliphatic carbocycles. The van der Waals surface area contributed by atoms with Crippen molar-refractivity contribution in [3.63, 3.8) is 0 Å². The number of ether oxygens (including phenoxy) is 1. The molecule has 0 spiro atoms. The van der Waals surface area contributed by atoms with Gasteiger partial charge in [-0.1, -0.05) is 32.4 Å². The topological polar surface area (TPSA) is 63.6 Å². The highest BCUT2D eigenvalue weighted by Crippen LogP contribution is 2.52. The standard InChI is InChI=1S/C22H36O4/c1-14(2)11-18(24)12-15(3)17-7-9-21(5,25)19-8-10-22(6,20(19)13-17)26-16(4)23/h13-15,19-20,25H,7-12H2,1-6H3/t15-,19+,20-,21+,22-/m0/s1. The number of Topliss-reactive ketones (excluding diaryl/α,β-unsaturated/α-hetero) is 1. The molecule has 0 amide bonds. The van der Waals surface area contributed by atoms with Gasteiger partial charge in [0.25, 0.3) is 0 Å². The van der Waals surface area contributed by atoms with E-state index in [0.29, 0.717) is 31.0 Å². The highest BCUT2D eigenvalue weighted by atomic mass is 16.6. The van der Waals surface area contributed by atoms with Crippen LogP contribution in [0.3, 0.4) is 0 Å². The Morgan fingerprint density at radius 1 is 1.23 bits per heavy atom. The number of carbonyl (C=O) groups is 2. The molecular weight excluding hydrogens is 328 g/mol. The van der Waals surface area contributed by atoms with E-state index in [1.807, 2.05) is 13.8 Å². The van der Waals surface area contributed by atoms with Crippen LogP contribution < -0.4 is 0 Å². The molecule has 2 rings (SSSR count). The summed E-state index contributed by atoms with van der Waals surface area (Å²) in [6.07, 6.45) is 6.51. The summed E-state index contributed by atoms with van der Waals surface area (Å²) in [6.45, 7) is 11.6. The number of hydrogen-bond acceptors (Lipinski definition) is 4. The Morgan fingerprint density at radius 2 is 1.88 bits per heavy atom. The average molecular weight is 365 g/mol. The molecule has 4 nitrogen and oxygen atoms in total. The largest absolute Gasteiger partial charge is 0.459 e. The van der Waals surface area contributed by atoms with Crippen LogP contribution in [0.2, 0.25) is 0 Å². The lowest BCUT2D eigenvalue weighted by Crippen LogP contribution is -2.42. The lowest BCUT2D eigenvalue weighted by atomic mass is 9.77. The van der Waals surface area contributed by atoms with Crippen LogP contribution in [-0.2, 0) is 14.3 Å². The van der Waals surface area contributed by atoms with E-state index in [-0.39, 0.29) is 23.7 Å². The maximum atomic E-state index is 12.3. The maximum absolute atomic E-state index is 12.3. The predicted octanol–water partition coefficient (Wildman–Crippen LogP) is 4.45. The predicted molar refractivity (Wildman–Crippen MR) is 103 cm³/mol. The fourth-order valence-corrected chi connectivity index (χ4v) is 4.97. The van der Waals surface area contributed by atoms with E-state index < -0.39 is 11.2 Å². The van der Waals surface area contributed by atoms with Gasteiger partial charge in [0.2, 0.25) is 0 Å². The fraction of sp³-hybridized carbons (Fsp3) is 0.818.